The van der Waals surface area contributed by atoms with Crippen LogP contribution in [0.5, 0.6) is 0 Å². The van der Waals surface area contributed by atoms with Crippen LogP contribution in [0.1, 0.15) is 53.0 Å². The summed E-state index contributed by atoms with van der Waals surface area (Å²) >= 11 is 6.41. The molecule has 2 aromatic carbocycles. The second kappa shape index (κ2) is 10.3. The summed E-state index contributed by atoms with van der Waals surface area (Å²) in [6, 6.07) is 15.1. The second-order valence-corrected chi connectivity index (χ2v) is 14.9. The van der Waals surface area contributed by atoms with Gasteiger partial charge >= 0.3 is 5.97 Å². The Morgan fingerprint density at radius 1 is 1.12 bits per heavy atom. The van der Waals surface area contributed by atoms with E-state index in [1.807, 2.05) is 36.4 Å². The van der Waals surface area contributed by atoms with Crippen molar-refractivity contribution < 1.29 is 18.8 Å². The molecule has 0 saturated carbocycles. The maximum atomic E-state index is 12.1. The standard InChI is InChI=1S/C26H31ClN2O4Si/c1-26(2,3)34(5,6)33-17-22-24(27)28-23(16-30)29(22)15-18-11-13-19(14-12-18)20-9-7-8-10-21(20)25(31)32-4/h7-14,16H,15,17H2,1-6H3. The maximum absolute atomic E-state index is 12.1. The first-order valence-electron chi connectivity index (χ1n) is 11.1. The molecule has 0 saturated heterocycles. The molecule has 8 heteroatoms. The van der Waals surface area contributed by atoms with E-state index in [9.17, 15) is 9.59 Å². The lowest BCUT2D eigenvalue weighted by Crippen LogP contribution is -2.40. The molecule has 0 aliphatic heterocycles. The molecule has 180 valence electrons. The summed E-state index contributed by atoms with van der Waals surface area (Å²) in [5, 5.41) is 0.332. The van der Waals surface area contributed by atoms with Gasteiger partial charge in [0.15, 0.2) is 25.6 Å². The number of esters is 1. The first kappa shape index (κ1) is 25.9. The van der Waals surface area contributed by atoms with E-state index in [1.54, 1.807) is 16.7 Å². The molecule has 0 fully saturated rings. The second-order valence-electron chi connectivity index (χ2n) is 9.69. The molecule has 0 bridgehead atoms. The molecule has 0 amide bonds. The molecular weight excluding hydrogens is 468 g/mol. The number of hydrogen-bond acceptors (Lipinski definition) is 5. The number of carbonyl (C=O) groups excluding carboxylic acids is 2. The molecule has 0 aliphatic rings. The highest BCUT2D eigenvalue weighted by molar-refractivity contribution is 6.74. The number of nitrogens with zero attached hydrogens (tertiary/aromatic N) is 2. The predicted octanol–water partition coefficient (Wildman–Crippen LogP) is 6.37. The van der Waals surface area contributed by atoms with Crippen LogP contribution in [0.4, 0.5) is 0 Å². The Morgan fingerprint density at radius 2 is 1.76 bits per heavy atom. The van der Waals surface area contributed by atoms with Crippen molar-refractivity contribution in [2.24, 2.45) is 0 Å². The smallest absolute Gasteiger partial charge is 0.338 e. The van der Waals surface area contributed by atoms with Gasteiger partial charge in [-0.1, -0.05) is 74.8 Å². The number of rotatable bonds is 8. The highest BCUT2D eigenvalue weighted by atomic mass is 35.5. The molecule has 34 heavy (non-hydrogen) atoms. The van der Waals surface area contributed by atoms with E-state index in [0.717, 1.165) is 16.7 Å². The van der Waals surface area contributed by atoms with Gasteiger partial charge in [-0.3, -0.25) is 4.79 Å². The lowest BCUT2D eigenvalue weighted by molar-refractivity contribution is 0.0601. The largest absolute Gasteiger partial charge is 0.465 e. The van der Waals surface area contributed by atoms with Gasteiger partial charge in [0, 0.05) is 6.54 Å². The van der Waals surface area contributed by atoms with Crippen LogP contribution in [0.2, 0.25) is 23.3 Å². The molecule has 3 rings (SSSR count). The summed E-state index contributed by atoms with van der Waals surface area (Å²) in [6.07, 6.45) is 0.711. The van der Waals surface area contributed by atoms with Gasteiger partial charge in [0.25, 0.3) is 0 Å². The van der Waals surface area contributed by atoms with E-state index >= 15 is 0 Å². The Bertz CT molecular complexity index is 1180. The number of benzene rings is 2. The van der Waals surface area contributed by atoms with E-state index in [-0.39, 0.29) is 22.0 Å². The van der Waals surface area contributed by atoms with Gasteiger partial charge in [-0.15, -0.1) is 0 Å². The van der Waals surface area contributed by atoms with Crippen molar-refractivity contribution in [3.8, 4) is 11.1 Å². The summed E-state index contributed by atoms with van der Waals surface area (Å²) in [5.74, 6) is -0.117. The van der Waals surface area contributed by atoms with Crippen molar-refractivity contribution in [1.29, 1.82) is 0 Å². The highest BCUT2D eigenvalue weighted by Crippen LogP contribution is 2.37. The van der Waals surface area contributed by atoms with Crippen molar-refractivity contribution in [3.63, 3.8) is 0 Å². The molecule has 6 nitrogen and oxygen atoms in total. The third-order valence-electron chi connectivity index (χ3n) is 6.47. The van der Waals surface area contributed by atoms with Crippen molar-refractivity contribution in [2.75, 3.05) is 7.11 Å². The van der Waals surface area contributed by atoms with E-state index in [2.05, 4.69) is 38.8 Å². The number of methoxy groups -OCH3 is 1. The Hall–Kier alpha value is -2.74. The number of hydrogen-bond donors (Lipinski definition) is 0. The minimum atomic E-state index is -2.02. The molecule has 0 aliphatic carbocycles. The van der Waals surface area contributed by atoms with Gasteiger partial charge < -0.3 is 13.7 Å². The number of halogens is 1. The normalized spacial score (nSPS) is 12.0. The van der Waals surface area contributed by atoms with E-state index in [1.165, 1.54) is 7.11 Å². The third-order valence-corrected chi connectivity index (χ3v) is 11.3. The minimum Gasteiger partial charge on any atom is -0.465 e. The van der Waals surface area contributed by atoms with Crippen LogP contribution < -0.4 is 0 Å². The molecule has 3 aromatic rings. The quantitative estimate of drug-likeness (QED) is 0.205. The van der Waals surface area contributed by atoms with Crippen LogP contribution in [0.25, 0.3) is 11.1 Å². The average molecular weight is 499 g/mol. The zero-order valence-corrected chi connectivity index (χ0v) is 22.3. The summed E-state index contributed by atoms with van der Waals surface area (Å²) < 4.78 is 13.1. The SMILES string of the molecule is COC(=O)c1ccccc1-c1ccc(Cn2c(C=O)nc(Cl)c2CO[Si](C)(C)C(C)(C)C)cc1. The average Bonchev–Trinajstić information content (AvgIpc) is 3.11. The van der Waals surface area contributed by atoms with Crippen molar-refractivity contribution >= 4 is 32.2 Å². The van der Waals surface area contributed by atoms with Crippen LogP contribution in [0.3, 0.4) is 0 Å². The molecule has 0 radical (unpaired) electrons. The first-order valence-corrected chi connectivity index (χ1v) is 14.4. The van der Waals surface area contributed by atoms with E-state index < -0.39 is 8.32 Å². The summed E-state index contributed by atoms with van der Waals surface area (Å²) in [5.41, 5.74) is 3.85. The van der Waals surface area contributed by atoms with Crippen LogP contribution in [-0.2, 0) is 22.3 Å². The van der Waals surface area contributed by atoms with Crippen molar-refractivity contribution in [3.05, 3.63) is 76.3 Å². The minimum absolute atomic E-state index is 0.0497. The molecule has 1 heterocycles. The van der Waals surface area contributed by atoms with Crippen LogP contribution in [-0.4, -0.2) is 37.2 Å². The molecule has 0 atom stereocenters. The Balaban J connectivity index is 1.88. The number of carbonyl (C=O) groups is 2. The molecule has 0 N–H and O–H groups in total. The Kier molecular flexibility index (Phi) is 7.80. The summed E-state index contributed by atoms with van der Waals surface area (Å²) in [6.45, 7) is 11.6. The van der Waals surface area contributed by atoms with Gasteiger partial charge in [-0.05, 0) is 40.9 Å². The number of ether oxygens (including phenoxy) is 1. The van der Waals surface area contributed by atoms with Crippen LogP contribution >= 0.6 is 11.6 Å². The van der Waals surface area contributed by atoms with Gasteiger partial charge in [0.1, 0.15) is 0 Å². The van der Waals surface area contributed by atoms with Gasteiger partial charge in [0.2, 0.25) is 0 Å². The Morgan fingerprint density at radius 3 is 2.35 bits per heavy atom. The molecule has 0 unspecified atom stereocenters. The number of aromatic nitrogens is 2. The lowest BCUT2D eigenvalue weighted by Gasteiger charge is -2.36. The molecular formula is C26H31ClN2O4Si. The fourth-order valence-corrected chi connectivity index (χ4v) is 4.51. The lowest BCUT2D eigenvalue weighted by atomic mass is 9.98. The fourth-order valence-electron chi connectivity index (χ4n) is 3.34. The molecule has 1 aromatic heterocycles. The monoisotopic (exact) mass is 498 g/mol. The van der Waals surface area contributed by atoms with Gasteiger partial charge in [-0.25, -0.2) is 9.78 Å². The highest BCUT2D eigenvalue weighted by Gasteiger charge is 2.37. The van der Waals surface area contributed by atoms with E-state index in [4.69, 9.17) is 20.8 Å². The van der Waals surface area contributed by atoms with Gasteiger partial charge in [0.05, 0.1) is 25.0 Å². The zero-order chi connectivity index (χ0) is 25.1. The molecule has 0 spiro atoms. The van der Waals surface area contributed by atoms with E-state index in [0.29, 0.717) is 30.7 Å². The summed E-state index contributed by atoms with van der Waals surface area (Å²) in [7, 11) is -0.645. The topological polar surface area (TPSA) is 70.4 Å². The zero-order valence-electron chi connectivity index (χ0n) is 20.5. The first-order chi connectivity index (χ1) is 16.0. The van der Waals surface area contributed by atoms with Crippen molar-refractivity contribution in [2.45, 2.75) is 52.1 Å². The number of imidazole rings is 1. The Labute approximate surface area is 207 Å². The number of aldehydes is 1. The van der Waals surface area contributed by atoms with Crippen molar-refractivity contribution in [1.82, 2.24) is 9.55 Å². The summed E-state index contributed by atoms with van der Waals surface area (Å²) in [4.78, 5) is 28.1. The maximum Gasteiger partial charge on any atom is 0.338 e. The van der Waals surface area contributed by atoms with Crippen LogP contribution in [0.15, 0.2) is 48.5 Å². The van der Waals surface area contributed by atoms with Crippen LogP contribution in [0, 0.1) is 0 Å². The van der Waals surface area contributed by atoms with Gasteiger partial charge in [-0.2, -0.15) is 0 Å². The third kappa shape index (κ3) is 5.49. The fraction of sp³-hybridized carbons (Fsp3) is 0.346. The predicted molar refractivity (Wildman–Crippen MR) is 137 cm³/mol.